The van der Waals surface area contributed by atoms with Crippen LogP contribution < -0.4 is 5.32 Å². The molecule has 0 radical (unpaired) electrons. The molecule has 0 amide bonds. The maximum Gasteiger partial charge on any atom is 0.244 e. The Morgan fingerprint density at radius 3 is 2.50 bits per heavy atom. The van der Waals surface area contributed by atoms with E-state index in [2.05, 4.69) is 12.2 Å². The van der Waals surface area contributed by atoms with E-state index < -0.39 is 10.0 Å². The molecular weight excluding hydrogens is 367 g/mol. The van der Waals surface area contributed by atoms with Gasteiger partial charge in [0.05, 0.1) is 5.02 Å². The lowest BCUT2D eigenvalue weighted by molar-refractivity contribution is 0.268. The average molecular weight is 388 g/mol. The summed E-state index contributed by atoms with van der Waals surface area (Å²) in [5.41, 5.74) is 0. The highest BCUT2D eigenvalue weighted by Crippen LogP contribution is 2.30. The lowest BCUT2D eigenvalue weighted by Crippen LogP contribution is -2.40. The molecule has 1 saturated heterocycles. The number of benzene rings is 1. The molecular formula is C14H21Cl3N2O2S. The zero-order chi connectivity index (χ0) is 15.5. The molecule has 2 rings (SSSR count). The summed E-state index contributed by atoms with van der Waals surface area (Å²) in [4.78, 5) is 0.0989. The first-order valence-corrected chi connectivity index (χ1v) is 9.30. The van der Waals surface area contributed by atoms with Gasteiger partial charge >= 0.3 is 0 Å². The predicted octanol–water partition coefficient (Wildman–Crippen LogP) is 3.43. The van der Waals surface area contributed by atoms with Crippen molar-refractivity contribution < 1.29 is 8.42 Å². The smallest absolute Gasteiger partial charge is 0.244 e. The monoisotopic (exact) mass is 386 g/mol. The second-order valence-electron chi connectivity index (χ2n) is 5.23. The zero-order valence-electron chi connectivity index (χ0n) is 12.4. The van der Waals surface area contributed by atoms with Gasteiger partial charge in [0.1, 0.15) is 4.90 Å². The minimum atomic E-state index is -3.56. The van der Waals surface area contributed by atoms with Gasteiger partial charge in [-0.15, -0.1) is 12.4 Å². The summed E-state index contributed by atoms with van der Waals surface area (Å²) >= 11 is 11.9. The van der Waals surface area contributed by atoms with Crippen LogP contribution in [0.2, 0.25) is 10.0 Å². The molecule has 1 N–H and O–H groups in total. The van der Waals surface area contributed by atoms with E-state index in [0.717, 1.165) is 25.9 Å². The highest BCUT2D eigenvalue weighted by molar-refractivity contribution is 7.89. The Bertz CT molecular complexity index is 588. The van der Waals surface area contributed by atoms with Crippen LogP contribution in [0.3, 0.4) is 0 Å². The summed E-state index contributed by atoms with van der Waals surface area (Å²) in [6, 6.07) is 4.53. The van der Waals surface area contributed by atoms with Gasteiger partial charge in [0.2, 0.25) is 10.0 Å². The van der Waals surface area contributed by atoms with E-state index in [0.29, 0.717) is 24.0 Å². The number of rotatable bonds is 5. The van der Waals surface area contributed by atoms with Crippen molar-refractivity contribution in [2.24, 2.45) is 5.92 Å². The second kappa shape index (κ2) is 8.71. The van der Waals surface area contributed by atoms with E-state index in [1.54, 1.807) is 6.07 Å². The normalized spacial score (nSPS) is 17.2. The summed E-state index contributed by atoms with van der Waals surface area (Å²) in [5.74, 6) is 0.534. The average Bonchev–Trinajstić information content (AvgIpc) is 2.48. The summed E-state index contributed by atoms with van der Waals surface area (Å²) in [5, 5.41) is 3.91. The third-order valence-corrected chi connectivity index (χ3v) is 6.38. The lowest BCUT2D eigenvalue weighted by Gasteiger charge is -2.31. The van der Waals surface area contributed by atoms with Crippen LogP contribution in [0, 0.1) is 5.92 Å². The van der Waals surface area contributed by atoms with Gasteiger partial charge in [-0.25, -0.2) is 8.42 Å². The van der Waals surface area contributed by atoms with E-state index in [4.69, 9.17) is 23.2 Å². The molecule has 1 aromatic carbocycles. The highest BCUT2D eigenvalue weighted by atomic mass is 35.5. The van der Waals surface area contributed by atoms with Gasteiger partial charge in [-0.05, 0) is 50.0 Å². The Hall–Kier alpha value is -0.0400. The number of hydrogen-bond donors (Lipinski definition) is 1. The van der Waals surface area contributed by atoms with Crippen molar-refractivity contribution >= 4 is 45.6 Å². The van der Waals surface area contributed by atoms with E-state index in [9.17, 15) is 8.42 Å². The van der Waals surface area contributed by atoms with Crippen molar-refractivity contribution in [3.8, 4) is 0 Å². The number of nitrogens with zero attached hydrogens (tertiary/aromatic N) is 1. The standard InChI is InChI=1S/C14H20Cl2N2O2S.ClH/c1-2-17-10-11-5-7-18(8-6-11)21(19,20)14-9-12(15)3-4-13(14)16;/h3-4,9,11,17H,2,5-8,10H2,1H3;1H. The molecule has 22 heavy (non-hydrogen) atoms. The van der Waals surface area contributed by atoms with Crippen molar-refractivity contribution in [1.29, 1.82) is 0 Å². The number of nitrogens with one attached hydrogen (secondary N) is 1. The zero-order valence-corrected chi connectivity index (χ0v) is 15.5. The molecule has 0 saturated carbocycles. The van der Waals surface area contributed by atoms with Gasteiger partial charge in [0.25, 0.3) is 0 Å². The first kappa shape index (κ1) is 20.0. The van der Waals surface area contributed by atoms with Crippen molar-refractivity contribution in [2.45, 2.75) is 24.7 Å². The molecule has 0 unspecified atom stereocenters. The predicted molar refractivity (Wildman–Crippen MR) is 93.7 cm³/mol. The van der Waals surface area contributed by atoms with Gasteiger partial charge in [0, 0.05) is 18.1 Å². The fraction of sp³-hybridized carbons (Fsp3) is 0.571. The van der Waals surface area contributed by atoms with E-state index in [1.165, 1.54) is 16.4 Å². The van der Waals surface area contributed by atoms with E-state index in [1.807, 2.05) is 0 Å². The number of piperidine rings is 1. The molecule has 1 aliphatic heterocycles. The van der Waals surface area contributed by atoms with Crippen LogP contribution in [0.15, 0.2) is 23.1 Å². The van der Waals surface area contributed by atoms with Gasteiger partial charge in [-0.3, -0.25) is 0 Å². The van der Waals surface area contributed by atoms with Crippen molar-refractivity contribution in [2.75, 3.05) is 26.2 Å². The topological polar surface area (TPSA) is 49.4 Å². The minimum absolute atomic E-state index is 0. The molecule has 0 spiro atoms. The van der Waals surface area contributed by atoms with Crippen molar-refractivity contribution in [3.05, 3.63) is 28.2 Å². The van der Waals surface area contributed by atoms with Gasteiger partial charge in [-0.2, -0.15) is 4.31 Å². The Kier molecular flexibility index (Phi) is 7.92. The maximum absolute atomic E-state index is 12.6. The quantitative estimate of drug-likeness (QED) is 0.842. The largest absolute Gasteiger partial charge is 0.317 e. The molecule has 126 valence electrons. The molecule has 1 heterocycles. The van der Waals surface area contributed by atoms with Crippen LogP contribution in [-0.4, -0.2) is 38.9 Å². The van der Waals surface area contributed by atoms with Crippen molar-refractivity contribution in [1.82, 2.24) is 9.62 Å². The molecule has 1 fully saturated rings. The Balaban J connectivity index is 0.00000242. The van der Waals surface area contributed by atoms with Gasteiger partial charge in [0.15, 0.2) is 0 Å². The molecule has 0 aliphatic carbocycles. The Morgan fingerprint density at radius 1 is 1.27 bits per heavy atom. The number of hydrogen-bond acceptors (Lipinski definition) is 3. The van der Waals surface area contributed by atoms with Crippen LogP contribution in [-0.2, 0) is 10.0 Å². The SMILES string of the molecule is CCNCC1CCN(S(=O)(=O)c2cc(Cl)ccc2Cl)CC1.Cl. The first-order chi connectivity index (χ1) is 9.95. The van der Waals surface area contributed by atoms with Crippen molar-refractivity contribution in [3.63, 3.8) is 0 Å². The molecule has 0 bridgehead atoms. The van der Waals surface area contributed by atoms with E-state index in [-0.39, 0.29) is 22.3 Å². The van der Waals surface area contributed by atoms with Crippen LogP contribution in [0.25, 0.3) is 0 Å². The number of sulfonamides is 1. The highest BCUT2D eigenvalue weighted by Gasteiger charge is 2.30. The Morgan fingerprint density at radius 2 is 1.91 bits per heavy atom. The van der Waals surface area contributed by atoms with Gasteiger partial charge < -0.3 is 5.32 Å². The fourth-order valence-corrected chi connectivity index (χ4v) is 4.72. The molecule has 0 aromatic heterocycles. The molecule has 8 heteroatoms. The summed E-state index contributed by atoms with van der Waals surface area (Å²) in [7, 11) is -3.56. The van der Waals surface area contributed by atoms with Crippen LogP contribution in [0.4, 0.5) is 0 Å². The maximum atomic E-state index is 12.6. The summed E-state index contributed by atoms with van der Waals surface area (Å²) in [6.07, 6.45) is 1.73. The third-order valence-electron chi connectivity index (χ3n) is 3.77. The fourth-order valence-electron chi connectivity index (χ4n) is 2.52. The minimum Gasteiger partial charge on any atom is -0.317 e. The van der Waals surface area contributed by atoms with Gasteiger partial charge in [-0.1, -0.05) is 30.1 Å². The Labute approximate surface area is 148 Å². The second-order valence-corrected chi connectivity index (χ2v) is 7.98. The number of halogens is 3. The first-order valence-electron chi connectivity index (χ1n) is 7.11. The molecule has 0 atom stereocenters. The van der Waals surface area contributed by atoms with Crippen LogP contribution in [0.5, 0.6) is 0 Å². The summed E-state index contributed by atoms with van der Waals surface area (Å²) in [6.45, 7) is 5.02. The third kappa shape index (κ3) is 4.73. The molecule has 1 aromatic rings. The lowest BCUT2D eigenvalue weighted by atomic mass is 9.98. The van der Waals surface area contributed by atoms with E-state index >= 15 is 0 Å². The molecule has 4 nitrogen and oxygen atoms in total. The van der Waals surface area contributed by atoms with Crippen LogP contribution >= 0.6 is 35.6 Å². The van der Waals surface area contributed by atoms with Crippen LogP contribution in [0.1, 0.15) is 19.8 Å². The summed E-state index contributed by atoms with van der Waals surface area (Å²) < 4.78 is 26.8. The molecule has 1 aliphatic rings.